The predicted molar refractivity (Wildman–Crippen MR) is 163 cm³/mol. The maximum atomic E-state index is 14.0. The van der Waals surface area contributed by atoms with Gasteiger partial charge in [0, 0.05) is 28.2 Å². The zero-order chi connectivity index (χ0) is 31.0. The van der Waals surface area contributed by atoms with Crippen LogP contribution in [0, 0.1) is 5.82 Å². The van der Waals surface area contributed by atoms with Gasteiger partial charge >= 0.3 is 0 Å². The van der Waals surface area contributed by atoms with Gasteiger partial charge in [0.2, 0.25) is 11.8 Å². The summed E-state index contributed by atoms with van der Waals surface area (Å²) in [6, 6.07) is 14.2. The number of ether oxygens (including phenoxy) is 1. The van der Waals surface area contributed by atoms with E-state index in [9.17, 15) is 22.4 Å². The van der Waals surface area contributed by atoms with Gasteiger partial charge < -0.3 is 15.0 Å². The monoisotopic (exact) mass is 637 g/mol. The Kier molecular flexibility index (Phi) is 11.6. The molecule has 226 valence electrons. The topological polar surface area (TPSA) is 96.0 Å². The van der Waals surface area contributed by atoms with Crippen LogP contribution in [-0.4, -0.2) is 50.4 Å². The van der Waals surface area contributed by atoms with Crippen molar-refractivity contribution in [1.29, 1.82) is 0 Å². The lowest BCUT2D eigenvalue weighted by Gasteiger charge is -2.33. The number of nitrogens with zero attached hydrogens (tertiary/aromatic N) is 2. The fraction of sp³-hybridized carbons (Fsp3) is 0.333. The van der Waals surface area contributed by atoms with E-state index in [4.69, 9.17) is 27.9 Å². The summed E-state index contributed by atoms with van der Waals surface area (Å²) in [5.41, 5.74) is 0.579. The normalized spacial score (nSPS) is 12.7. The molecule has 1 N–H and O–H groups in total. The zero-order valence-electron chi connectivity index (χ0n) is 23.8. The molecule has 0 spiro atoms. The molecular formula is C30H34Cl2FN3O5S. The first kappa shape index (κ1) is 33.2. The fourth-order valence-electron chi connectivity index (χ4n) is 4.04. The van der Waals surface area contributed by atoms with Crippen LogP contribution < -0.4 is 14.4 Å². The van der Waals surface area contributed by atoms with Crippen molar-refractivity contribution in [3.8, 4) is 5.75 Å². The molecule has 0 aromatic heterocycles. The van der Waals surface area contributed by atoms with Crippen molar-refractivity contribution in [3.05, 3.63) is 88.2 Å². The van der Waals surface area contributed by atoms with E-state index < -0.39 is 40.2 Å². The quantitative estimate of drug-likeness (QED) is 0.246. The summed E-state index contributed by atoms with van der Waals surface area (Å²) in [6.07, 6.45) is 0.671. The van der Waals surface area contributed by atoms with Gasteiger partial charge in [0.05, 0.1) is 17.2 Å². The van der Waals surface area contributed by atoms with E-state index in [-0.39, 0.29) is 33.2 Å². The van der Waals surface area contributed by atoms with Gasteiger partial charge in [-0.25, -0.2) is 12.8 Å². The number of hydrogen-bond donors (Lipinski definition) is 1. The summed E-state index contributed by atoms with van der Waals surface area (Å²) in [5.74, 6) is -1.20. The number of halogens is 3. The van der Waals surface area contributed by atoms with Crippen LogP contribution >= 0.6 is 23.2 Å². The second kappa shape index (κ2) is 14.7. The van der Waals surface area contributed by atoms with Crippen molar-refractivity contribution in [2.75, 3.05) is 17.5 Å². The zero-order valence-corrected chi connectivity index (χ0v) is 26.1. The van der Waals surface area contributed by atoms with Crippen molar-refractivity contribution in [1.82, 2.24) is 10.2 Å². The van der Waals surface area contributed by atoms with E-state index in [1.807, 2.05) is 20.8 Å². The molecule has 3 aromatic carbocycles. The summed E-state index contributed by atoms with van der Waals surface area (Å²) < 4.78 is 47.7. The lowest BCUT2D eigenvalue weighted by Crippen LogP contribution is -2.52. The van der Waals surface area contributed by atoms with Crippen LogP contribution in [0.1, 0.15) is 39.7 Å². The Balaban J connectivity index is 2.07. The highest BCUT2D eigenvalue weighted by Crippen LogP contribution is 2.29. The Bertz CT molecular complexity index is 1470. The van der Waals surface area contributed by atoms with Gasteiger partial charge in [-0.05, 0) is 87.9 Å². The smallest absolute Gasteiger partial charge is 0.264 e. The average Bonchev–Trinajstić information content (AvgIpc) is 2.96. The summed E-state index contributed by atoms with van der Waals surface area (Å²) in [7, 11) is -4.36. The highest BCUT2D eigenvalue weighted by Gasteiger charge is 2.33. The molecule has 0 aliphatic carbocycles. The second-order valence-corrected chi connectivity index (χ2v) is 12.3. The lowest BCUT2D eigenvalue weighted by molar-refractivity contribution is -0.139. The average molecular weight is 639 g/mol. The number of benzene rings is 3. The van der Waals surface area contributed by atoms with Gasteiger partial charge in [0.15, 0.2) is 0 Å². The van der Waals surface area contributed by atoms with Gasteiger partial charge in [-0.3, -0.25) is 13.9 Å². The number of carbonyl (C=O) groups excluding carboxylic acids is 2. The highest BCUT2D eigenvalue weighted by molar-refractivity contribution is 7.92. The van der Waals surface area contributed by atoms with Crippen molar-refractivity contribution in [2.45, 2.75) is 57.6 Å². The standard InChI is InChI=1S/C30H34Cl2FN3O5S/c1-5-20(3)34-30(38)21(4)35(18-26-27(31)8-7-9-28(26)32)29(37)19-36(23-12-14-24(15-13-23)41-6-2)42(39,40)25-16-10-22(33)11-17-25/h7-17,20-21H,5-6,18-19H2,1-4H3,(H,34,38)/t20-,21+/m1/s1. The maximum Gasteiger partial charge on any atom is 0.264 e. The SMILES string of the molecule is CCOc1ccc(N(CC(=O)N(Cc2c(Cl)cccc2Cl)[C@@H](C)C(=O)N[C@H](C)CC)S(=O)(=O)c2ccc(F)cc2)cc1. The van der Waals surface area contributed by atoms with Crippen molar-refractivity contribution in [3.63, 3.8) is 0 Å². The molecule has 0 aliphatic heterocycles. The van der Waals surface area contributed by atoms with E-state index in [1.165, 1.54) is 17.0 Å². The lowest BCUT2D eigenvalue weighted by atomic mass is 10.1. The second-order valence-electron chi connectivity index (χ2n) is 9.61. The Labute approximate surface area is 256 Å². The number of carbonyl (C=O) groups is 2. The summed E-state index contributed by atoms with van der Waals surface area (Å²) in [4.78, 5) is 28.2. The van der Waals surface area contributed by atoms with Crippen LogP contribution in [0.3, 0.4) is 0 Å². The minimum absolute atomic E-state index is 0.153. The number of hydrogen-bond acceptors (Lipinski definition) is 5. The highest BCUT2D eigenvalue weighted by atomic mass is 35.5. The molecule has 0 bridgehead atoms. The summed E-state index contributed by atoms with van der Waals surface area (Å²) in [5, 5.41) is 3.44. The molecule has 2 atom stereocenters. The Morgan fingerprint density at radius 1 is 0.952 bits per heavy atom. The van der Waals surface area contributed by atoms with Crippen LogP contribution in [0.4, 0.5) is 10.1 Å². The van der Waals surface area contributed by atoms with Crippen molar-refractivity contribution in [2.24, 2.45) is 0 Å². The molecule has 0 fully saturated rings. The molecular weight excluding hydrogens is 604 g/mol. The molecule has 0 aliphatic rings. The summed E-state index contributed by atoms with van der Waals surface area (Å²) in [6.45, 7) is 6.70. The number of rotatable bonds is 13. The molecule has 12 heteroatoms. The minimum atomic E-state index is -4.36. The maximum absolute atomic E-state index is 14.0. The van der Waals surface area contributed by atoms with E-state index in [0.29, 0.717) is 24.3 Å². The van der Waals surface area contributed by atoms with Gasteiger partial charge in [0.1, 0.15) is 24.2 Å². The number of nitrogens with one attached hydrogen (secondary N) is 1. The van der Waals surface area contributed by atoms with Crippen molar-refractivity contribution >= 4 is 50.7 Å². The van der Waals surface area contributed by atoms with E-state index >= 15 is 0 Å². The minimum Gasteiger partial charge on any atom is -0.494 e. The molecule has 3 aromatic rings. The van der Waals surface area contributed by atoms with Crippen LogP contribution in [0.2, 0.25) is 10.0 Å². The van der Waals surface area contributed by atoms with Gasteiger partial charge in [-0.15, -0.1) is 0 Å². The first-order chi connectivity index (χ1) is 19.9. The fourth-order valence-corrected chi connectivity index (χ4v) is 5.97. The third kappa shape index (κ3) is 8.14. The van der Waals surface area contributed by atoms with E-state index in [2.05, 4.69) is 5.32 Å². The van der Waals surface area contributed by atoms with Gasteiger partial charge in [0.25, 0.3) is 10.0 Å². The molecule has 3 rings (SSSR count). The first-order valence-corrected chi connectivity index (χ1v) is 15.6. The van der Waals surface area contributed by atoms with Crippen molar-refractivity contribution < 1.29 is 27.1 Å². The van der Waals surface area contributed by atoms with E-state index in [1.54, 1.807) is 37.3 Å². The molecule has 0 unspecified atom stereocenters. The Hall–Kier alpha value is -3.34. The third-order valence-electron chi connectivity index (χ3n) is 6.67. The molecule has 0 saturated heterocycles. The van der Waals surface area contributed by atoms with Crippen LogP contribution in [0.5, 0.6) is 5.75 Å². The Morgan fingerprint density at radius 2 is 1.55 bits per heavy atom. The summed E-state index contributed by atoms with van der Waals surface area (Å²) >= 11 is 12.8. The van der Waals surface area contributed by atoms with Crippen LogP contribution in [-0.2, 0) is 26.2 Å². The van der Waals surface area contributed by atoms with Crippen LogP contribution in [0.15, 0.2) is 71.6 Å². The number of anilines is 1. The third-order valence-corrected chi connectivity index (χ3v) is 9.17. The molecule has 0 radical (unpaired) electrons. The van der Waals surface area contributed by atoms with Crippen LogP contribution in [0.25, 0.3) is 0 Å². The largest absolute Gasteiger partial charge is 0.494 e. The molecule has 0 saturated carbocycles. The first-order valence-electron chi connectivity index (χ1n) is 13.4. The Morgan fingerprint density at radius 3 is 2.10 bits per heavy atom. The molecule has 42 heavy (non-hydrogen) atoms. The van der Waals surface area contributed by atoms with Gasteiger partial charge in [-0.1, -0.05) is 36.2 Å². The number of sulfonamides is 1. The number of amides is 2. The molecule has 2 amide bonds. The van der Waals surface area contributed by atoms with Gasteiger partial charge in [-0.2, -0.15) is 0 Å². The van der Waals surface area contributed by atoms with E-state index in [0.717, 1.165) is 28.6 Å². The predicted octanol–water partition coefficient (Wildman–Crippen LogP) is 6.06. The molecule has 0 heterocycles. The molecule has 8 nitrogen and oxygen atoms in total.